The van der Waals surface area contributed by atoms with E-state index in [1.807, 2.05) is 41.2 Å². The lowest BCUT2D eigenvalue weighted by Crippen LogP contribution is -2.19. The average Bonchev–Trinajstić information content (AvgIpc) is 3.42. The molecule has 0 N–H and O–H groups in total. The van der Waals surface area contributed by atoms with Gasteiger partial charge < -0.3 is 4.42 Å². The average molecular weight is 345 g/mol. The third-order valence-corrected chi connectivity index (χ3v) is 4.98. The van der Waals surface area contributed by atoms with E-state index in [9.17, 15) is 0 Å². The summed E-state index contributed by atoms with van der Waals surface area (Å²) in [6, 6.07) is 10.2. The second-order valence-electron chi connectivity index (χ2n) is 6.78. The van der Waals surface area contributed by atoms with E-state index in [1.165, 1.54) is 5.56 Å². The lowest BCUT2D eigenvalue weighted by Gasteiger charge is -2.13. The fourth-order valence-corrected chi connectivity index (χ4v) is 3.62. The fourth-order valence-electron chi connectivity index (χ4n) is 3.62. The Kier molecular flexibility index (Phi) is 3.75. The lowest BCUT2D eigenvalue weighted by molar-refractivity contribution is 0.324. The molecule has 5 rings (SSSR count). The Hall–Kier alpha value is -2.99. The van der Waals surface area contributed by atoms with Gasteiger partial charge in [0.05, 0.1) is 12.5 Å². The van der Waals surface area contributed by atoms with Crippen molar-refractivity contribution in [1.29, 1.82) is 0 Å². The molecule has 1 saturated heterocycles. The molecule has 0 aromatic carbocycles. The second kappa shape index (κ2) is 6.38. The molecule has 1 unspecified atom stereocenters. The van der Waals surface area contributed by atoms with E-state index < -0.39 is 0 Å². The topological polar surface area (TPSA) is 59.5 Å². The minimum atomic E-state index is 0.381. The summed E-state index contributed by atoms with van der Waals surface area (Å²) in [5, 5.41) is 4.76. The highest BCUT2D eigenvalue weighted by Gasteiger charge is 2.27. The minimum absolute atomic E-state index is 0.381. The molecule has 1 atom stereocenters. The van der Waals surface area contributed by atoms with Crippen molar-refractivity contribution in [2.45, 2.75) is 18.9 Å². The van der Waals surface area contributed by atoms with Gasteiger partial charge in [0.1, 0.15) is 0 Å². The van der Waals surface area contributed by atoms with Gasteiger partial charge in [0.15, 0.2) is 11.5 Å². The van der Waals surface area contributed by atoms with Gasteiger partial charge in [-0.3, -0.25) is 9.88 Å². The molecule has 6 heteroatoms. The van der Waals surface area contributed by atoms with Crippen molar-refractivity contribution >= 4 is 5.65 Å². The SMILES string of the molecule is c1cc(-c2ccc3nc(C4CCN(Cc5ccoc5)C4)nn3c2)ccn1. The number of fused-ring (bicyclic) bond motifs is 1. The van der Waals surface area contributed by atoms with E-state index in [0.29, 0.717) is 5.92 Å². The summed E-state index contributed by atoms with van der Waals surface area (Å²) in [6.07, 6.45) is 10.3. The maximum atomic E-state index is 5.17. The Morgan fingerprint density at radius 1 is 1.08 bits per heavy atom. The summed E-state index contributed by atoms with van der Waals surface area (Å²) in [5.74, 6) is 1.32. The van der Waals surface area contributed by atoms with Crippen molar-refractivity contribution in [3.63, 3.8) is 0 Å². The first-order valence-corrected chi connectivity index (χ1v) is 8.85. The zero-order valence-corrected chi connectivity index (χ0v) is 14.3. The first-order chi connectivity index (χ1) is 12.8. The maximum absolute atomic E-state index is 5.17. The Bertz CT molecular complexity index is 1010. The van der Waals surface area contributed by atoms with Gasteiger partial charge in [-0.2, -0.15) is 5.10 Å². The number of hydrogen-bond donors (Lipinski definition) is 0. The Morgan fingerprint density at radius 3 is 2.85 bits per heavy atom. The lowest BCUT2D eigenvalue weighted by atomic mass is 10.1. The zero-order valence-electron chi connectivity index (χ0n) is 14.3. The summed E-state index contributed by atoms with van der Waals surface area (Å²) in [5.41, 5.74) is 4.36. The third-order valence-electron chi connectivity index (χ3n) is 4.98. The molecular weight excluding hydrogens is 326 g/mol. The highest BCUT2D eigenvalue weighted by Crippen LogP contribution is 2.27. The van der Waals surface area contributed by atoms with Crippen LogP contribution < -0.4 is 0 Å². The number of nitrogens with zero attached hydrogens (tertiary/aromatic N) is 5. The molecule has 5 heterocycles. The van der Waals surface area contributed by atoms with Crippen molar-refractivity contribution < 1.29 is 4.42 Å². The van der Waals surface area contributed by atoms with Crippen LogP contribution in [-0.4, -0.2) is 37.6 Å². The predicted octanol–water partition coefficient (Wildman–Crippen LogP) is 3.37. The largest absolute Gasteiger partial charge is 0.472 e. The van der Waals surface area contributed by atoms with Crippen LogP contribution in [0, 0.1) is 0 Å². The van der Waals surface area contributed by atoms with Crippen LogP contribution in [0.2, 0.25) is 0 Å². The molecule has 0 spiro atoms. The van der Waals surface area contributed by atoms with Gasteiger partial charge in [-0.25, -0.2) is 9.50 Å². The van der Waals surface area contributed by atoms with E-state index in [2.05, 4.69) is 16.0 Å². The van der Waals surface area contributed by atoms with Crippen molar-refractivity contribution in [2.24, 2.45) is 0 Å². The Labute approximate surface area is 151 Å². The van der Waals surface area contributed by atoms with Crippen LogP contribution in [-0.2, 0) is 6.54 Å². The normalized spacial score (nSPS) is 17.9. The predicted molar refractivity (Wildman–Crippen MR) is 97.6 cm³/mol. The standard InChI is InChI=1S/C20H19N5O/c1-2-19-22-20(18-5-9-24(12-18)11-15-6-10-26-14-15)23-25(19)13-17(1)16-3-7-21-8-4-16/h1-4,6-8,10,13-14,18H,5,9,11-12H2. The Morgan fingerprint density at radius 2 is 2.00 bits per heavy atom. The van der Waals surface area contributed by atoms with Gasteiger partial charge in [0.2, 0.25) is 0 Å². The summed E-state index contributed by atoms with van der Waals surface area (Å²) in [7, 11) is 0. The molecule has 6 nitrogen and oxygen atoms in total. The number of rotatable bonds is 4. The van der Waals surface area contributed by atoms with Crippen molar-refractivity contribution in [1.82, 2.24) is 24.5 Å². The van der Waals surface area contributed by atoms with Crippen LogP contribution in [0.25, 0.3) is 16.8 Å². The highest BCUT2D eigenvalue weighted by molar-refractivity contribution is 5.63. The Balaban J connectivity index is 1.36. The van der Waals surface area contributed by atoms with Gasteiger partial charge in [-0.1, -0.05) is 0 Å². The highest BCUT2D eigenvalue weighted by atomic mass is 16.3. The summed E-state index contributed by atoms with van der Waals surface area (Å²) in [4.78, 5) is 11.3. The summed E-state index contributed by atoms with van der Waals surface area (Å²) in [6.45, 7) is 2.97. The molecule has 4 aromatic rings. The fraction of sp³-hybridized carbons (Fsp3) is 0.250. The molecular formula is C20H19N5O. The molecule has 1 fully saturated rings. The number of likely N-dealkylation sites (tertiary alicyclic amines) is 1. The van der Waals surface area contributed by atoms with E-state index in [1.54, 1.807) is 18.7 Å². The number of pyridine rings is 2. The van der Waals surface area contributed by atoms with Gasteiger partial charge in [-0.15, -0.1) is 0 Å². The molecule has 130 valence electrons. The van der Waals surface area contributed by atoms with Crippen molar-refractivity contribution in [2.75, 3.05) is 13.1 Å². The molecule has 0 bridgehead atoms. The number of hydrogen-bond acceptors (Lipinski definition) is 5. The van der Waals surface area contributed by atoms with E-state index >= 15 is 0 Å². The van der Waals surface area contributed by atoms with Crippen LogP contribution in [0.15, 0.2) is 65.9 Å². The number of furan rings is 1. The van der Waals surface area contributed by atoms with Gasteiger partial charge in [0, 0.05) is 48.7 Å². The molecule has 0 aliphatic carbocycles. The van der Waals surface area contributed by atoms with E-state index in [0.717, 1.165) is 48.7 Å². The van der Waals surface area contributed by atoms with Crippen LogP contribution in [0.5, 0.6) is 0 Å². The van der Waals surface area contributed by atoms with Crippen LogP contribution in [0.4, 0.5) is 0 Å². The summed E-state index contributed by atoms with van der Waals surface area (Å²) < 4.78 is 7.06. The molecule has 1 aliphatic rings. The smallest absolute Gasteiger partial charge is 0.156 e. The van der Waals surface area contributed by atoms with Crippen molar-refractivity contribution in [3.05, 3.63) is 72.8 Å². The first kappa shape index (κ1) is 15.3. The van der Waals surface area contributed by atoms with Gasteiger partial charge >= 0.3 is 0 Å². The monoisotopic (exact) mass is 345 g/mol. The van der Waals surface area contributed by atoms with Crippen LogP contribution in [0.1, 0.15) is 23.7 Å². The molecule has 4 aromatic heterocycles. The van der Waals surface area contributed by atoms with Crippen LogP contribution >= 0.6 is 0 Å². The maximum Gasteiger partial charge on any atom is 0.156 e. The third kappa shape index (κ3) is 2.88. The first-order valence-electron chi connectivity index (χ1n) is 8.85. The van der Waals surface area contributed by atoms with E-state index in [-0.39, 0.29) is 0 Å². The molecule has 1 aliphatic heterocycles. The quantitative estimate of drug-likeness (QED) is 0.567. The number of aromatic nitrogens is 4. The second-order valence-corrected chi connectivity index (χ2v) is 6.78. The molecule has 0 amide bonds. The molecule has 0 saturated carbocycles. The molecule has 0 radical (unpaired) electrons. The van der Waals surface area contributed by atoms with E-state index in [4.69, 9.17) is 14.5 Å². The summed E-state index contributed by atoms with van der Waals surface area (Å²) >= 11 is 0. The van der Waals surface area contributed by atoms with Gasteiger partial charge in [-0.05, 0) is 48.9 Å². The molecule has 26 heavy (non-hydrogen) atoms. The van der Waals surface area contributed by atoms with Crippen molar-refractivity contribution in [3.8, 4) is 11.1 Å². The zero-order chi connectivity index (χ0) is 17.3. The minimum Gasteiger partial charge on any atom is -0.472 e. The van der Waals surface area contributed by atoms with Gasteiger partial charge in [0.25, 0.3) is 0 Å². The van der Waals surface area contributed by atoms with Crippen LogP contribution in [0.3, 0.4) is 0 Å².